The predicted molar refractivity (Wildman–Crippen MR) is 40.7 cm³/mol. The Labute approximate surface area is 70.5 Å². The van der Waals surface area contributed by atoms with E-state index in [-0.39, 0.29) is 5.16 Å². The molecule has 0 amide bonds. The van der Waals surface area contributed by atoms with Crippen molar-refractivity contribution in [1.82, 2.24) is 9.36 Å². The lowest BCUT2D eigenvalue weighted by molar-refractivity contribution is 0.595. The van der Waals surface area contributed by atoms with Gasteiger partial charge in [0.2, 0.25) is 9.84 Å². The number of halogens is 1. The highest BCUT2D eigenvalue weighted by Crippen LogP contribution is 2.14. The molecule has 0 radical (unpaired) electrons. The van der Waals surface area contributed by atoms with Crippen LogP contribution in [-0.2, 0) is 9.84 Å². The van der Waals surface area contributed by atoms with Gasteiger partial charge in [-0.15, -0.1) is 0 Å². The number of sulfone groups is 1. The molecule has 10 heavy (non-hydrogen) atoms. The molecule has 0 atom stereocenters. The maximum atomic E-state index is 10.7. The summed E-state index contributed by atoms with van der Waals surface area (Å²) < 4.78 is 25.5. The van der Waals surface area contributed by atoms with E-state index in [1.165, 1.54) is 0 Å². The van der Waals surface area contributed by atoms with E-state index in [1.807, 2.05) is 0 Å². The highest BCUT2D eigenvalue weighted by molar-refractivity contribution is 9.11. The first-order chi connectivity index (χ1) is 4.50. The van der Waals surface area contributed by atoms with Gasteiger partial charge in [-0.2, -0.15) is 9.36 Å². The van der Waals surface area contributed by atoms with Gasteiger partial charge < -0.3 is 0 Å². The van der Waals surface area contributed by atoms with Gasteiger partial charge in [0.25, 0.3) is 5.16 Å². The first kappa shape index (κ1) is 8.09. The van der Waals surface area contributed by atoms with Crippen LogP contribution in [0.25, 0.3) is 0 Å². The summed E-state index contributed by atoms with van der Waals surface area (Å²) in [6.07, 6.45) is 1.07. The number of hydrogen-bond donors (Lipinski definition) is 0. The van der Waals surface area contributed by atoms with Crippen LogP contribution >= 0.6 is 27.5 Å². The molecular weight excluding hydrogens is 240 g/mol. The fraction of sp³-hybridized carbons (Fsp3) is 0.333. The van der Waals surface area contributed by atoms with Crippen molar-refractivity contribution < 1.29 is 8.42 Å². The third-order valence-electron chi connectivity index (χ3n) is 0.714. The monoisotopic (exact) mass is 242 g/mol. The third kappa shape index (κ3) is 1.74. The van der Waals surface area contributed by atoms with Crippen LogP contribution in [0.4, 0.5) is 0 Å². The molecule has 0 aromatic carbocycles. The molecular formula is C3H3BrN2O2S2. The molecule has 4 nitrogen and oxygen atoms in total. The maximum absolute atomic E-state index is 10.7. The molecule has 1 aromatic heterocycles. The molecule has 7 heteroatoms. The minimum Gasteiger partial charge on any atom is -0.221 e. The molecule has 1 aromatic rings. The highest BCUT2D eigenvalue weighted by atomic mass is 79.9. The number of hydrogen-bond acceptors (Lipinski definition) is 5. The quantitative estimate of drug-likeness (QED) is 0.728. The van der Waals surface area contributed by atoms with Gasteiger partial charge in [-0.1, -0.05) is 0 Å². The van der Waals surface area contributed by atoms with Crippen LogP contribution in [0.1, 0.15) is 0 Å². The Kier molecular flexibility index (Phi) is 2.07. The second-order valence-electron chi connectivity index (χ2n) is 1.60. The van der Waals surface area contributed by atoms with E-state index in [9.17, 15) is 8.42 Å². The van der Waals surface area contributed by atoms with Crippen LogP contribution in [0, 0.1) is 0 Å². The van der Waals surface area contributed by atoms with Crippen molar-refractivity contribution in [1.29, 1.82) is 0 Å². The van der Waals surface area contributed by atoms with Crippen molar-refractivity contribution in [2.24, 2.45) is 0 Å². The lowest BCUT2D eigenvalue weighted by Crippen LogP contribution is -1.98. The van der Waals surface area contributed by atoms with Crippen LogP contribution in [0.5, 0.6) is 0 Å². The van der Waals surface area contributed by atoms with E-state index in [0.717, 1.165) is 17.8 Å². The van der Waals surface area contributed by atoms with Crippen molar-refractivity contribution >= 4 is 37.3 Å². The summed E-state index contributed by atoms with van der Waals surface area (Å²) in [5, 5.41) is -0.121. The van der Waals surface area contributed by atoms with E-state index in [1.54, 1.807) is 0 Å². The summed E-state index contributed by atoms with van der Waals surface area (Å²) in [5.41, 5.74) is 0. The van der Waals surface area contributed by atoms with E-state index in [2.05, 4.69) is 25.3 Å². The fourth-order valence-electron chi connectivity index (χ4n) is 0.343. The molecule has 0 aliphatic heterocycles. The van der Waals surface area contributed by atoms with Gasteiger partial charge in [-0.25, -0.2) is 8.42 Å². The Balaban J connectivity index is 3.21. The molecule has 0 aliphatic rings. The molecule has 0 fully saturated rings. The smallest absolute Gasteiger partial charge is 0.221 e. The van der Waals surface area contributed by atoms with Crippen LogP contribution < -0.4 is 0 Å². The van der Waals surface area contributed by atoms with Crippen LogP contribution in [0.3, 0.4) is 0 Å². The summed E-state index contributed by atoms with van der Waals surface area (Å²) >= 11 is 4.01. The minimum atomic E-state index is -3.22. The first-order valence-electron chi connectivity index (χ1n) is 2.19. The average molecular weight is 243 g/mol. The second kappa shape index (κ2) is 2.55. The van der Waals surface area contributed by atoms with Gasteiger partial charge in [0.05, 0.1) is 0 Å². The zero-order valence-electron chi connectivity index (χ0n) is 4.91. The van der Waals surface area contributed by atoms with Gasteiger partial charge in [0.15, 0.2) is 3.92 Å². The summed E-state index contributed by atoms with van der Waals surface area (Å²) in [4.78, 5) is 3.62. The number of nitrogens with zero attached hydrogens (tertiary/aromatic N) is 2. The van der Waals surface area contributed by atoms with E-state index in [0.29, 0.717) is 3.92 Å². The predicted octanol–water partition coefficient (Wildman–Crippen LogP) is 0.704. The summed E-state index contributed by atoms with van der Waals surface area (Å²) in [5.74, 6) is 0. The van der Waals surface area contributed by atoms with Crippen molar-refractivity contribution in [3.05, 3.63) is 3.92 Å². The van der Waals surface area contributed by atoms with Gasteiger partial charge >= 0.3 is 0 Å². The van der Waals surface area contributed by atoms with Crippen molar-refractivity contribution in [2.45, 2.75) is 5.16 Å². The largest absolute Gasteiger partial charge is 0.259 e. The summed E-state index contributed by atoms with van der Waals surface area (Å²) in [6.45, 7) is 0. The third-order valence-corrected chi connectivity index (χ3v) is 2.79. The molecule has 0 saturated heterocycles. The topological polar surface area (TPSA) is 59.9 Å². The highest BCUT2D eigenvalue weighted by Gasteiger charge is 2.12. The standard InChI is InChI=1S/C3H3BrN2O2S2/c1-10(7,8)3-5-2(4)9-6-3/h1H3. The SMILES string of the molecule is CS(=O)(=O)c1nsc(Br)n1. The lowest BCUT2D eigenvalue weighted by atomic mass is 11.3. The Bertz CT molecular complexity index is 330. The Morgan fingerprint density at radius 2 is 2.20 bits per heavy atom. The second-order valence-corrected chi connectivity index (χ2v) is 5.54. The van der Waals surface area contributed by atoms with Crippen LogP contribution in [0.15, 0.2) is 9.07 Å². The lowest BCUT2D eigenvalue weighted by Gasteiger charge is -1.83. The normalized spacial score (nSPS) is 11.8. The van der Waals surface area contributed by atoms with Gasteiger partial charge in [-0.3, -0.25) is 0 Å². The Morgan fingerprint density at radius 1 is 1.60 bits per heavy atom. The first-order valence-corrected chi connectivity index (χ1v) is 5.65. The molecule has 1 heterocycles. The molecule has 0 saturated carbocycles. The Hall–Kier alpha value is -0.0100. The van der Waals surface area contributed by atoms with Crippen molar-refractivity contribution in [3.8, 4) is 0 Å². The van der Waals surface area contributed by atoms with Crippen LogP contribution in [0.2, 0.25) is 0 Å². The number of aromatic nitrogens is 2. The van der Waals surface area contributed by atoms with E-state index < -0.39 is 9.84 Å². The maximum Gasteiger partial charge on any atom is 0.259 e. The fourth-order valence-corrected chi connectivity index (χ4v) is 2.14. The molecule has 0 unspecified atom stereocenters. The van der Waals surface area contributed by atoms with Gasteiger partial charge in [0.1, 0.15) is 0 Å². The van der Waals surface area contributed by atoms with E-state index >= 15 is 0 Å². The van der Waals surface area contributed by atoms with Gasteiger partial charge in [-0.05, 0) is 27.5 Å². The van der Waals surface area contributed by atoms with Crippen molar-refractivity contribution in [2.75, 3.05) is 6.26 Å². The Morgan fingerprint density at radius 3 is 2.40 bits per heavy atom. The van der Waals surface area contributed by atoms with Crippen LogP contribution in [-0.4, -0.2) is 24.0 Å². The molecule has 56 valence electrons. The number of rotatable bonds is 1. The summed E-state index contributed by atoms with van der Waals surface area (Å²) in [6, 6.07) is 0. The van der Waals surface area contributed by atoms with E-state index in [4.69, 9.17) is 0 Å². The minimum absolute atomic E-state index is 0.121. The molecule has 0 spiro atoms. The average Bonchev–Trinajstić information content (AvgIpc) is 2.11. The molecule has 1 rings (SSSR count). The molecule has 0 bridgehead atoms. The zero-order chi connectivity index (χ0) is 7.78. The summed E-state index contributed by atoms with van der Waals surface area (Å²) in [7, 11) is -3.22. The van der Waals surface area contributed by atoms with Crippen molar-refractivity contribution in [3.63, 3.8) is 0 Å². The zero-order valence-corrected chi connectivity index (χ0v) is 8.12. The van der Waals surface area contributed by atoms with Gasteiger partial charge in [0, 0.05) is 6.26 Å². The molecule has 0 aliphatic carbocycles. The molecule has 0 N–H and O–H groups in total.